The Bertz CT molecular complexity index is 709. The van der Waals surface area contributed by atoms with Crippen molar-refractivity contribution >= 4 is 17.6 Å². The zero-order valence-electron chi connectivity index (χ0n) is 12.3. The molecule has 1 heterocycles. The van der Waals surface area contributed by atoms with Gasteiger partial charge in [0.1, 0.15) is 0 Å². The highest BCUT2D eigenvalue weighted by atomic mass is 35.5. The van der Waals surface area contributed by atoms with Gasteiger partial charge in [-0.2, -0.15) is 0 Å². The van der Waals surface area contributed by atoms with Crippen molar-refractivity contribution in [3.05, 3.63) is 58.1 Å². The largest absolute Gasteiger partial charge is 0.493 e. The van der Waals surface area contributed by atoms with Gasteiger partial charge in [0.25, 0.3) is 0 Å². The summed E-state index contributed by atoms with van der Waals surface area (Å²) in [5.74, 6) is 0.948. The maximum absolute atomic E-state index is 11.9. The molecule has 114 valence electrons. The van der Waals surface area contributed by atoms with Gasteiger partial charge in [-0.15, -0.1) is 0 Å². The number of halogens is 1. The molecule has 0 saturated carbocycles. The smallest absolute Gasteiger partial charge is 0.311 e. The summed E-state index contributed by atoms with van der Waals surface area (Å²) in [6.07, 6.45) is -0.243. The van der Waals surface area contributed by atoms with Gasteiger partial charge in [0.05, 0.1) is 20.6 Å². The summed E-state index contributed by atoms with van der Waals surface area (Å²) in [4.78, 5) is 11.9. The summed E-state index contributed by atoms with van der Waals surface area (Å²) in [5, 5.41) is 0.637. The molecule has 0 saturated heterocycles. The Kier molecular flexibility index (Phi) is 3.94. The number of fused-ring (bicyclic) bond motifs is 1. The molecule has 0 radical (unpaired) electrons. The van der Waals surface area contributed by atoms with Gasteiger partial charge in [-0.05, 0) is 35.4 Å². The van der Waals surface area contributed by atoms with E-state index in [4.69, 9.17) is 25.8 Å². The van der Waals surface area contributed by atoms with E-state index in [0.717, 1.165) is 16.7 Å². The van der Waals surface area contributed by atoms with Crippen molar-refractivity contribution in [3.8, 4) is 11.5 Å². The van der Waals surface area contributed by atoms with Crippen molar-refractivity contribution in [2.24, 2.45) is 0 Å². The van der Waals surface area contributed by atoms with Crippen LogP contribution in [0.4, 0.5) is 0 Å². The fourth-order valence-corrected chi connectivity index (χ4v) is 2.74. The molecule has 0 spiro atoms. The first-order chi connectivity index (χ1) is 10.6. The zero-order valence-corrected chi connectivity index (χ0v) is 13.0. The molecule has 3 rings (SSSR count). The third-order valence-electron chi connectivity index (χ3n) is 3.68. The van der Waals surface area contributed by atoms with Gasteiger partial charge in [0.15, 0.2) is 17.6 Å². The lowest BCUT2D eigenvalue weighted by Crippen LogP contribution is -2.22. The third kappa shape index (κ3) is 2.62. The lowest BCUT2D eigenvalue weighted by Gasteiger charge is -2.27. The lowest BCUT2D eigenvalue weighted by molar-refractivity contribution is -0.148. The molecule has 1 aliphatic rings. The molecule has 0 aromatic heterocycles. The van der Waals surface area contributed by atoms with Gasteiger partial charge in [0, 0.05) is 10.6 Å². The molecule has 0 unspecified atom stereocenters. The number of benzene rings is 2. The fraction of sp³-hybridized carbons (Fsp3) is 0.235. The van der Waals surface area contributed by atoms with Crippen LogP contribution in [-0.2, 0) is 16.0 Å². The summed E-state index contributed by atoms with van der Waals surface area (Å²) in [5.41, 5.74) is 2.65. The molecule has 22 heavy (non-hydrogen) atoms. The number of rotatable bonds is 3. The zero-order chi connectivity index (χ0) is 15.7. The van der Waals surface area contributed by atoms with E-state index in [2.05, 4.69) is 0 Å². The molecule has 0 N–H and O–H groups in total. The van der Waals surface area contributed by atoms with E-state index in [9.17, 15) is 4.79 Å². The number of methoxy groups -OCH3 is 2. The van der Waals surface area contributed by atoms with E-state index in [1.807, 2.05) is 24.3 Å². The van der Waals surface area contributed by atoms with Crippen molar-refractivity contribution < 1.29 is 19.0 Å². The van der Waals surface area contributed by atoms with Gasteiger partial charge < -0.3 is 14.2 Å². The van der Waals surface area contributed by atoms with Crippen LogP contribution in [0.1, 0.15) is 22.8 Å². The monoisotopic (exact) mass is 318 g/mol. The third-order valence-corrected chi connectivity index (χ3v) is 3.94. The second-order valence-corrected chi connectivity index (χ2v) is 5.44. The van der Waals surface area contributed by atoms with Crippen LogP contribution < -0.4 is 9.47 Å². The topological polar surface area (TPSA) is 44.8 Å². The van der Waals surface area contributed by atoms with E-state index in [-0.39, 0.29) is 12.4 Å². The van der Waals surface area contributed by atoms with E-state index in [1.54, 1.807) is 26.4 Å². The molecule has 1 atom stereocenters. The van der Waals surface area contributed by atoms with E-state index in [0.29, 0.717) is 16.5 Å². The Morgan fingerprint density at radius 2 is 1.73 bits per heavy atom. The SMILES string of the molecule is COc1cc2c(cc1OC)[C@H](c1ccc(Cl)cc1)OC(=O)C2. The molecular formula is C17H15ClO4. The van der Waals surface area contributed by atoms with Gasteiger partial charge in [-0.25, -0.2) is 0 Å². The van der Waals surface area contributed by atoms with Crippen LogP contribution in [0.2, 0.25) is 5.02 Å². The Balaban J connectivity index is 2.11. The number of ether oxygens (including phenoxy) is 3. The first kappa shape index (κ1) is 14.7. The Hall–Kier alpha value is -2.20. The Morgan fingerprint density at radius 1 is 1.09 bits per heavy atom. The molecule has 0 aliphatic carbocycles. The molecule has 2 aromatic rings. The molecule has 2 aromatic carbocycles. The van der Waals surface area contributed by atoms with Crippen LogP contribution in [-0.4, -0.2) is 20.2 Å². The van der Waals surface area contributed by atoms with Crippen molar-refractivity contribution in [1.29, 1.82) is 0 Å². The lowest BCUT2D eigenvalue weighted by atomic mass is 9.92. The number of carbonyl (C=O) groups is 1. The van der Waals surface area contributed by atoms with Crippen LogP contribution in [0.5, 0.6) is 11.5 Å². The van der Waals surface area contributed by atoms with Crippen molar-refractivity contribution in [2.75, 3.05) is 14.2 Å². The minimum Gasteiger partial charge on any atom is -0.493 e. The summed E-state index contributed by atoms with van der Waals surface area (Å²) >= 11 is 5.92. The molecule has 5 heteroatoms. The average molecular weight is 319 g/mol. The van der Waals surface area contributed by atoms with E-state index >= 15 is 0 Å². The summed E-state index contributed by atoms with van der Waals surface area (Å²) in [6, 6.07) is 11.0. The molecule has 0 amide bonds. The molecule has 0 fully saturated rings. The number of hydrogen-bond donors (Lipinski definition) is 0. The molecular weight excluding hydrogens is 304 g/mol. The van der Waals surface area contributed by atoms with Crippen LogP contribution in [0.15, 0.2) is 36.4 Å². The quantitative estimate of drug-likeness (QED) is 0.812. The molecule has 4 nitrogen and oxygen atoms in total. The first-order valence-corrected chi connectivity index (χ1v) is 7.20. The number of cyclic esters (lactones) is 1. The van der Waals surface area contributed by atoms with Crippen molar-refractivity contribution in [2.45, 2.75) is 12.5 Å². The Morgan fingerprint density at radius 3 is 2.36 bits per heavy atom. The van der Waals surface area contributed by atoms with Gasteiger partial charge in [0.2, 0.25) is 0 Å². The highest BCUT2D eigenvalue weighted by Crippen LogP contribution is 2.40. The van der Waals surface area contributed by atoms with E-state index < -0.39 is 6.10 Å². The minimum atomic E-state index is -0.465. The highest BCUT2D eigenvalue weighted by Gasteiger charge is 2.29. The van der Waals surface area contributed by atoms with Crippen LogP contribution in [0, 0.1) is 0 Å². The van der Waals surface area contributed by atoms with Crippen LogP contribution in [0.25, 0.3) is 0 Å². The highest BCUT2D eigenvalue weighted by molar-refractivity contribution is 6.30. The van der Waals surface area contributed by atoms with Gasteiger partial charge >= 0.3 is 5.97 Å². The van der Waals surface area contributed by atoms with Crippen molar-refractivity contribution in [3.63, 3.8) is 0 Å². The fourth-order valence-electron chi connectivity index (χ4n) is 2.61. The normalized spacial score (nSPS) is 16.7. The molecule has 0 bridgehead atoms. The Labute approximate surface area is 133 Å². The maximum Gasteiger partial charge on any atom is 0.311 e. The predicted molar refractivity (Wildman–Crippen MR) is 82.6 cm³/mol. The van der Waals surface area contributed by atoms with Crippen LogP contribution in [0.3, 0.4) is 0 Å². The second kappa shape index (κ2) is 5.89. The minimum absolute atomic E-state index is 0.222. The van der Waals surface area contributed by atoms with Gasteiger partial charge in [-0.1, -0.05) is 23.7 Å². The van der Waals surface area contributed by atoms with E-state index in [1.165, 1.54) is 0 Å². The molecule has 1 aliphatic heterocycles. The first-order valence-electron chi connectivity index (χ1n) is 6.82. The summed E-state index contributed by atoms with van der Waals surface area (Å²) < 4.78 is 16.2. The average Bonchev–Trinajstić information content (AvgIpc) is 2.53. The van der Waals surface area contributed by atoms with Gasteiger partial charge in [-0.3, -0.25) is 4.79 Å². The standard InChI is InChI=1S/C17H15ClO4/c1-20-14-7-11-8-16(19)22-17(13(11)9-15(14)21-2)10-3-5-12(18)6-4-10/h3-7,9,17H,8H2,1-2H3/t17-/m0/s1. The predicted octanol–water partition coefficient (Wildman–Crippen LogP) is 3.55. The van der Waals surface area contributed by atoms with Crippen LogP contribution >= 0.6 is 11.6 Å². The van der Waals surface area contributed by atoms with Crippen molar-refractivity contribution in [1.82, 2.24) is 0 Å². The number of hydrogen-bond acceptors (Lipinski definition) is 4. The number of carbonyl (C=O) groups excluding carboxylic acids is 1. The maximum atomic E-state index is 11.9. The second-order valence-electron chi connectivity index (χ2n) is 5.00. The summed E-state index contributed by atoms with van der Waals surface area (Å²) in [7, 11) is 3.15. The number of esters is 1. The summed E-state index contributed by atoms with van der Waals surface area (Å²) in [6.45, 7) is 0.